The number of rotatable bonds is 1. The second-order valence-electron chi connectivity index (χ2n) is 2.55. The quantitative estimate of drug-likeness (QED) is 0.574. The summed E-state index contributed by atoms with van der Waals surface area (Å²) in [5, 5.41) is 0.630. The third-order valence-corrected chi connectivity index (χ3v) is 2.88. The van der Waals surface area contributed by atoms with Crippen LogP contribution in [-0.4, -0.2) is 15.9 Å². The van der Waals surface area contributed by atoms with E-state index in [1.807, 2.05) is 0 Å². The van der Waals surface area contributed by atoms with Crippen molar-refractivity contribution in [2.24, 2.45) is 0 Å². The molecule has 0 bridgehead atoms. The molecule has 0 aromatic carbocycles. The molecule has 0 aliphatic heterocycles. The lowest BCUT2D eigenvalue weighted by atomic mass is 10.3. The summed E-state index contributed by atoms with van der Waals surface area (Å²) in [7, 11) is 0. The Morgan fingerprint density at radius 3 is 3.00 bits per heavy atom. The Balaban J connectivity index is 2.72. The molecule has 1 rings (SSSR count). The molecule has 0 saturated heterocycles. The second-order valence-corrected chi connectivity index (χ2v) is 4.43. The van der Waals surface area contributed by atoms with Crippen molar-refractivity contribution in [2.75, 3.05) is 5.75 Å². The van der Waals surface area contributed by atoms with E-state index < -0.39 is 0 Å². The molecule has 1 heterocycles. The van der Waals surface area contributed by atoms with Gasteiger partial charge in [-0.25, -0.2) is 4.98 Å². The first-order valence-electron chi connectivity index (χ1n) is 4.03. The summed E-state index contributed by atoms with van der Waals surface area (Å²) in [6.45, 7) is 1.50. The first-order chi connectivity index (χ1) is 7.11. The monoisotopic (exact) mass is 259 g/mol. The van der Waals surface area contributed by atoms with Gasteiger partial charge in [0.1, 0.15) is 5.15 Å². The van der Waals surface area contributed by atoms with Gasteiger partial charge in [-0.3, -0.25) is 4.79 Å². The fraction of sp³-hybridized carbons (Fsp3) is 0.200. The van der Waals surface area contributed by atoms with Gasteiger partial charge in [0.2, 0.25) is 0 Å². The number of nitrogens with zero attached hydrogens (tertiary/aromatic N) is 1. The highest BCUT2D eigenvalue weighted by Gasteiger charge is 2.01. The summed E-state index contributed by atoms with van der Waals surface area (Å²) in [4.78, 5) is 14.4. The van der Waals surface area contributed by atoms with E-state index in [2.05, 4.69) is 16.8 Å². The van der Waals surface area contributed by atoms with Crippen LogP contribution in [-0.2, 0) is 4.79 Å². The minimum atomic E-state index is 0.0446. The molecule has 2 nitrogen and oxygen atoms in total. The Hall–Kier alpha value is -0.690. The van der Waals surface area contributed by atoms with Gasteiger partial charge in [0, 0.05) is 18.7 Å². The fourth-order valence-corrected chi connectivity index (χ4v) is 1.45. The Morgan fingerprint density at radius 2 is 2.33 bits per heavy atom. The van der Waals surface area contributed by atoms with Crippen molar-refractivity contribution in [3.8, 4) is 11.8 Å². The zero-order valence-corrected chi connectivity index (χ0v) is 10.2. The van der Waals surface area contributed by atoms with E-state index in [9.17, 15) is 4.79 Å². The molecule has 0 unspecified atom stereocenters. The molecule has 0 N–H and O–H groups in total. The van der Waals surface area contributed by atoms with Crippen LogP contribution in [0.15, 0.2) is 12.3 Å². The highest BCUT2D eigenvalue weighted by Crippen LogP contribution is 2.22. The second kappa shape index (κ2) is 6.02. The van der Waals surface area contributed by atoms with Crippen LogP contribution in [0.5, 0.6) is 0 Å². The van der Waals surface area contributed by atoms with Crippen molar-refractivity contribution in [3.63, 3.8) is 0 Å². The van der Waals surface area contributed by atoms with Crippen LogP contribution in [0.2, 0.25) is 10.2 Å². The molecule has 15 heavy (non-hydrogen) atoms. The minimum absolute atomic E-state index is 0.0446. The normalized spacial score (nSPS) is 9.27. The van der Waals surface area contributed by atoms with Crippen molar-refractivity contribution in [3.05, 3.63) is 28.0 Å². The van der Waals surface area contributed by atoms with E-state index in [1.165, 1.54) is 13.1 Å². The van der Waals surface area contributed by atoms with Crippen molar-refractivity contribution >= 4 is 40.1 Å². The molecule has 0 aliphatic carbocycles. The largest absolute Gasteiger partial charge is 0.288 e. The average molecular weight is 260 g/mol. The van der Waals surface area contributed by atoms with E-state index in [4.69, 9.17) is 23.2 Å². The zero-order valence-electron chi connectivity index (χ0n) is 7.88. The SMILES string of the molecule is CC(=O)SCC#Cc1ccnc(Cl)c1Cl. The van der Waals surface area contributed by atoms with Gasteiger partial charge in [-0.1, -0.05) is 46.8 Å². The van der Waals surface area contributed by atoms with Gasteiger partial charge in [0.05, 0.1) is 10.8 Å². The molecular formula is C10H7Cl2NOS. The van der Waals surface area contributed by atoms with Gasteiger partial charge in [-0.05, 0) is 6.07 Å². The summed E-state index contributed by atoms with van der Waals surface area (Å²) in [5.74, 6) is 6.10. The fourth-order valence-electron chi connectivity index (χ4n) is 0.784. The molecule has 0 saturated carbocycles. The highest BCUT2D eigenvalue weighted by molar-refractivity contribution is 8.13. The molecule has 5 heteroatoms. The summed E-state index contributed by atoms with van der Waals surface area (Å²) < 4.78 is 0. The van der Waals surface area contributed by atoms with Crippen molar-refractivity contribution in [2.45, 2.75) is 6.92 Å². The number of hydrogen-bond acceptors (Lipinski definition) is 3. The molecule has 0 fully saturated rings. The van der Waals surface area contributed by atoms with E-state index in [0.717, 1.165) is 11.8 Å². The van der Waals surface area contributed by atoms with E-state index >= 15 is 0 Å². The van der Waals surface area contributed by atoms with Crippen LogP contribution in [0, 0.1) is 11.8 Å². The number of carbonyl (C=O) groups excluding carboxylic acids is 1. The molecule has 0 amide bonds. The van der Waals surface area contributed by atoms with Gasteiger partial charge in [-0.2, -0.15) is 0 Å². The van der Waals surface area contributed by atoms with Crippen LogP contribution in [0.3, 0.4) is 0 Å². The number of hydrogen-bond donors (Lipinski definition) is 0. The highest BCUT2D eigenvalue weighted by atomic mass is 35.5. The molecule has 1 aromatic rings. The third-order valence-electron chi connectivity index (χ3n) is 1.42. The van der Waals surface area contributed by atoms with Crippen LogP contribution < -0.4 is 0 Å². The van der Waals surface area contributed by atoms with Crippen molar-refractivity contribution in [1.82, 2.24) is 4.98 Å². The van der Waals surface area contributed by atoms with E-state index in [0.29, 0.717) is 16.3 Å². The lowest BCUT2D eigenvalue weighted by Crippen LogP contribution is -1.84. The van der Waals surface area contributed by atoms with Crippen LogP contribution >= 0.6 is 35.0 Å². The van der Waals surface area contributed by atoms with E-state index in [1.54, 1.807) is 6.07 Å². The summed E-state index contributed by atoms with van der Waals surface area (Å²) in [6, 6.07) is 1.68. The Kier molecular flexibility index (Phi) is 4.97. The van der Waals surface area contributed by atoms with Gasteiger partial charge in [0.15, 0.2) is 5.12 Å². The predicted molar refractivity (Wildman–Crippen MR) is 64.3 cm³/mol. The molecule has 0 aliphatic rings. The minimum Gasteiger partial charge on any atom is -0.288 e. The average Bonchev–Trinajstić information content (AvgIpc) is 2.18. The maximum absolute atomic E-state index is 10.6. The number of thioether (sulfide) groups is 1. The van der Waals surface area contributed by atoms with Gasteiger partial charge < -0.3 is 0 Å². The molecule has 0 atom stereocenters. The standard InChI is InChI=1S/C10H7Cl2NOS/c1-7(14)15-6-2-3-8-4-5-13-10(12)9(8)11/h4-5H,6H2,1H3. The van der Waals surface area contributed by atoms with Crippen molar-refractivity contribution < 1.29 is 4.79 Å². The summed E-state index contributed by atoms with van der Waals surface area (Å²) >= 11 is 12.7. The molecular weight excluding hydrogens is 253 g/mol. The van der Waals surface area contributed by atoms with Gasteiger partial charge in [0.25, 0.3) is 0 Å². The van der Waals surface area contributed by atoms with Crippen molar-refractivity contribution in [1.29, 1.82) is 0 Å². The van der Waals surface area contributed by atoms with Gasteiger partial charge >= 0.3 is 0 Å². The third kappa shape index (κ3) is 4.13. The van der Waals surface area contributed by atoms with Crippen LogP contribution in [0.1, 0.15) is 12.5 Å². The number of aromatic nitrogens is 1. The lowest BCUT2D eigenvalue weighted by molar-refractivity contribution is -0.109. The first kappa shape index (κ1) is 12.4. The van der Waals surface area contributed by atoms with E-state index in [-0.39, 0.29) is 10.3 Å². The van der Waals surface area contributed by atoms with Crippen LogP contribution in [0.4, 0.5) is 0 Å². The maximum atomic E-state index is 10.6. The van der Waals surface area contributed by atoms with Crippen LogP contribution in [0.25, 0.3) is 0 Å². The summed E-state index contributed by atoms with van der Waals surface area (Å²) in [5.41, 5.74) is 0.626. The molecule has 0 radical (unpaired) electrons. The Labute approximate surface area is 102 Å². The number of pyridine rings is 1. The first-order valence-corrected chi connectivity index (χ1v) is 5.77. The Morgan fingerprint density at radius 1 is 1.60 bits per heavy atom. The lowest BCUT2D eigenvalue weighted by Gasteiger charge is -1.95. The number of halogens is 2. The molecule has 0 spiro atoms. The zero-order chi connectivity index (χ0) is 11.3. The number of carbonyl (C=O) groups is 1. The summed E-state index contributed by atoms with van der Waals surface area (Å²) in [6.07, 6.45) is 1.54. The van der Waals surface area contributed by atoms with Gasteiger partial charge in [-0.15, -0.1) is 0 Å². The molecule has 78 valence electrons. The predicted octanol–water partition coefficient (Wildman–Crippen LogP) is 3.02. The smallest absolute Gasteiger partial charge is 0.186 e. The topological polar surface area (TPSA) is 30.0 Å². The Bertz CT molecular complexity index is 437. The molecule has 1 aromatic heterocycles. The maximum Gasteiger partial charge on any atom is 0.186 e.